The van der Waals surface area contributed by atoms with Crippen LogP contribution in [0.15, 0.2) is 93.9 Å². The third-order valence-corrected chi connectivity index (χ3v) is 5.15. The first-order valence-corrected chi connectivity index (χ1v) is 9.96. The number of ketones is 2. The van der Waals surface area contributed by atoms with E-state index in [4.69, 9.17) is 0 Å². The normalized spacial score (nSPS) is 11.3. The van der Waals surface area contributed by atoms with Gasteiger partial charge in [-0.3, -0.25) is 9.59 Å². The van der Waals surface area contributed by atoms with Gasteiger partial charge in [0, 0.05) is 26.5 Å². The highest BCUT2D eigenvalue weighted by Crippen LogP contribution is 2.23. The number of halogens is 2. The molecule has 0 radical (unpaired) electrons. The molecule has 4 heteroatoms. The van der Waals surface area contributed by atoms with Gasteiger partial charge in [0.15, 0.2) is 11.6 Å². The van der Waals surface area contributed by atoms with Crippen LogP contribution < -0.4 is 0 Å². The van der Waals surface area contributed by atoms with E-state index in [0.29, 0.717) is 16.7 Å². The molecule has 0 aliphatic heterocycles. The first kappa shape index (κ1) is 19.5. The van der Waals surface area contributed by atoms with Gasteiger partial charge < -0.3 is 0 Å². The van der Waals surface area contributed by atoms with Crippen molar-refractivity contribution in [3.8, 4) is 0 Å². The van der Waals surface area contributed by atoms with Crippen molar-refractivity contribution in [3.63, 3.8) is 0 Å². The van der Waals surface area contributed by atoms with Gasteiger partial charge in [-0.15, -0.1) is 0 Å². The van der Waals surface area contributed by atoms with E-state index in [0.717, 1.165) is 14.5 Å². The highest BCUT2D eigenvalue weighted by Gasteiger charge is 2.13. The molecule has 2 nitrogen and oxygen atoms in total. The van der Waals surface area contributed by atoms with Crippen LogP contribution in [0, 0.1) is 0 Å². The fourth-order valence-corrected chi connectivity index (χ4v) is 3.18. The monoisotopic (exact) mass is 482 g/mol. The Hall–Kier alpha value is -2.30. The van der Waals surface area contributed by atoms with Crippen molar-refractivity contribution in [2.45, 2.75) is 6.42 Å². The SMILES string of the molecule is O=C(/C=C(/CC(=O)c1ccc(Br)cc1)c1ccccc1)c1ccc(Br)cc1. The molecule has 0 atom stereocenters. The topological polar surface area (TPSA) is 34.1 Å². The van der Waals surface area contributed by atoms with Gasteiger partial charge >= 0.3 is 0 Å². The maximum absolute atomic E-state index is 12.7. The van der Waals surface area contributed by atoms with Crippen molar-refractivity contribution >= 4 is 49.0 Å². The number of rotatable bonds is 6. The lowest BCUT2D eigenvalue weighted by atomic mass is 9.95. The lowest BCUT2D eigenvalue weighted by molar-refractivity contribution is 0.0998. The van der Waals surface area contributed by atoms with E-state index < -0.39 is 0 Å². The summed E-state index contributed by atoms with van der Waals surface area (Å²) in [7, 11) is 0. The number of allylic oxidation sites excluding steroid dienone is 2. The van der Waals surface area contributed by atoms with Crippen LogP contribution in [0.1, 0.15) is 32.7 Å². The third-order valence-electron chi connectivity index (χ3n) is 4.10. The summed E-state index contributed by atoms with van der Waals surface area (Å²) < 4.78 is 1.83. The Morgan fingerprint density at radius 1 is 0.667 bits per heavy atom. The number of Topliss-reactive ketones (excluding diaryl/α,β-unsaturated/α-hetero) is 1. The second-order valence-corrected chi connectivity index (χ2v) is 7.84. The standard InChI is InChI=1S/C23H16Br2O2/c24-20-10-6-17(7-11-20)22(26)14-19(16-4-2-1-3-5-16)15-23(27)18-8-12-21(25)13-9-18/h1-14H,15H2/b19-14-. The van der Waals surface area contributed by atoms with E-state index in [1.165, 1.54) is 0 Å². The van der Waals surface area contributed by atoms with E-state index >= 15 is 0 Å². The van der Waals surface area contributed by atoms with Crippen LogP contribution in [0.25, 0.3) is 5.57 Å². The molecule has 0 saturated heterocycles. The van der Waals surface area contributed by atoms with Crippen LogP contribution in [0.4, 0.5) is 0 Å². The summed E-state index contributed by atoms with van der Waals surface area (Å²) in [5.41, 5.74) is 2.78. The maximum atomic E-state index is 12.7. The van der Waals surface area contributed by atoms with Crippen molar-refractivity contribution in [2.24, 2.45) is 0 Å². The Morgan fingerprint density at radius 2 is 1.19 bits per heavy atom. The van der Waals surface area contributed by atoms with Crippen molar-refractivity contribution in [1.29, 1.82) is 0 Å². The molecule has 0 aliphatic carbocycles. The Bertz CT molecular complexity index is 973. The number of hydrogen-bond donors (Lipinski definition) is 0. The zero-order chi connectivity index (χ0) is 19.2. The average molecular weight is 484 g/mol. The van der Waals surface area contributed by atoms with Crippen molar-refractivity contribution in [2.75, 3.05) is 0 Å². The van der Waals surface area contributed by atoms with E-state index in [1.54, 1.807) is 30.3 Å². The molecule has 27 heavy (non-hydrogen) atoms. The van der Waals surface area contributed by atoms with E-state index in [9.17, 15) is 9.59 Å². The predicted octanol–water partition coefficient (Wildman–Crippen LogP) is 6.75. The number of benzene rings is 3. The number of carbonyl (C=O) groups excluding carboxylic acids is 2. The van der Waals surface area contributed by atoms with Crippen LogP contribution >= 0.6 is 31.9 Å². The van der Waals surface area contributed by atoms with Crippen LogP contribution in [-0.2, 0) is 0 Å². The second-order valence-electron chi connectivity index (χ2n) is 6.01. The molecule has 3 aromatic carbocycles. The van der Waals surface area contributed by atoms with Crippen LogP contribution in [-0.4, -0.2) is 11.6 Å². The van der Waals surface area contributed by atoms with Crippen LogP contribution in [0.3, 0.4) is 0 Å². The summed E-state index contributed by atoms with van der Waals surface area (Å²) in [6.07, 6.45) is 1.73. The third kappa shape index (κ3) is 5.34. The molecular weight excluding hydrogens is 468 g/mol. The smallest absolute Gasteiger partial charge is 0.186 e. The molecule has 0 bridgehead atoms. The second kappa shape index (κ2) is 9.07. The molecule has 0 aliphatic rings. The molecule has 0 heterocycles. The first-order valence-electron chi connectivity index (χ1n) is 8.37. The summed E-state index contributed by atoms with van der Waals surface area (Å²) in [6.45, 7) is 0. The molecule has 0 aromatic heterocycles. The molecule has 3 rings (SSSR count). The quantitative estimate of drug-likeness (QED) is 0.287. The van der Waals surface area contributed by atoms with Gasteiger partial charge in [0.05, 0.1) is 0 Å². The maximum Gasteiger partial charge on any atom is 0.186 e. The lowest BCUT2D eigenvalue weighted by Gasteiger charge is -2.08. The van der Waals surface area contributed by atoms with Crippen LogP contribution in [0.2, 0.25) is 0 Å². The summed E-state index contributed by atoms with van der Waals surface area (Å²) in [6, 6.07) is 24.0. The largest absolute Gasteiger partial charge is 0.294 e. The highest BCUT2D eigenvalue weighted by atomic mass is 79.9. The lowest BCUT2D eigenvalue weighted by Crippen LogP contribution is -2.03. The predicted molar refractivity (Wildman–Crippen MR) is 116 cm³/mol. The Kier molecular flexibility index (Phi) is 6.54. The summed E-state index contributed by atoms with van der Waals surface area (Å²) >= 11 is 6.75. The molecular formula is C23H16Br2O2. The molecule has 3 aromatic rings. The molecule has 0 N–H and O–H groups in total. The molecule has 0 fully saturated rings. The van der Waals surface area contributed by atoms with Gasteiger partial charge in [-0.05, 0) is 53.6 Å². The fourth-order valence-electron chi connectivity index (χ4n) is 2.66. The molecule has 0 saturated carbocycles. The minimum atomic E-state index is -0.120. The van der Waals surface area contributed by atoms with E-state index in [1.807, 2.05) is 54.6 Å². The summed E-state index contributed by atoms with van der Waals surface area (Å²) in [5.74, 6) is -0.147. The average Bonchev–Trinajstić information content (AvgIpc) is 2.69. The summed E-state index contributed by atoms with van der Waals surface area (Å²) in [4.78, 5) is 25.4. The number of hydrogen-bond acceptors (Lipinski definition) is 2. The van der Waals surface area contributed by atoms with Gasteiger partial charge in [-0.2, -0.15) is 0 Å². The fraction of sp³-hybridized carbons (Fsp3) is 0.0435. The zero-order valence-electron chi connectivity index (χ0n) is 14.4. The van der Waals surface area contributed by atoms with Crippen molar-refractivity contribution in [1.82, 2.24) is 0 Å². The molecule has 0 amide bonds. The van der Waals surface area contributed by atoms with E-state index in [-0.39, 0.29) is 18.0 Å². The number of carbonyl (C=O) groups is 2. The van der Waals surface area contributed by atoms with Gasteiger partial charge in [0.25, 0.3) is 0 Å². The highest BCUT2D eigenvalue weighted by molar-refractivity contribution is 9.10. The molecule has 0 unspecified atom stereocenters. The Morgan fingerprint density at radius 3 is 1.74 bits per heavy atom. The molecule has 134 valence electrons. The summed E-state index contributed by atoms with van der Waals surface area (Å²) in [5, 5.41) is 0. The first-order chi connectivity index (χ1) is 13.0. The van der Waals surface area contributed by atoms with Gasteiger partial charge in [0.2, 0.25) is 0 Å². The van der Waals surface area contributed by atoms with E-state index in [2.05, 4.69) is 31.9 Å². The van der Waals surface area contributed by atoms with Gasteiger partial charge in [-0.25, -0.2) is 0 Å². The zero-order valence-corrected chi connectivity index (χ0v) is 17.5. The van der Waals surface area contributed by atoms with Gasteiger partial charge in [0.1, 0.15) is 0 Å². The Balaban J connectivity index is 1.91. The van der Waals surface area contributed by atoms with Crippen LogP contribution in [0.5, 0.6) is 0 Å². The minimum Gasteiger partial charge on any atom is -0.294 e. The molecule has 0 spiro atoms. The van der Waals surface area contributed by atoms with Gasteiger partial charge in [-0.1, -0.05) is 74.3 Å². The van der Waals surface area contributed by atoms with Crippen molar-refractivity contribution in [3.05, 3.63) is 111 Å². The minimum absolute atomic E-state index is 0.0267. The van der Waals surface area contributed by atoms with Crippen molar-refractivity contribution < 1.29 is 9.59 Å². The Labute approximate surface area is 175 Å².